The molecule has 0 bridgehead atoms. The Bertz CT molecular complexity index is 512. The van der Waals surface area contributed by atoms with E-state index in [1.807, 2.05) is 30.3 Å². The van der Waals surface area contributed by atoms with E-state index in [2.05, 4.69) is 10.3 Å². The van der Waals surface area contributed by atoms with Crippen LogP contribution in [0.4, 0.5) is 5.69 Å². The minimum atomic E-state index is -0.183. The van der Waals surface area contributed by atoms with Gasteiger partial charge < -0.3 is 10.1 Å². The van der Waals surface area contributed by atoms with Crippen LogP contribution in [0.25, 0.3) is 0 Å². The zero-order valence-electron chi connectivity index (χ0n) is 9.38. The van der Waals surface area contributed by atoms with Gasteiger partial charge in [-0.1, -0.05) is 18.2 Å². The van der Waals surface area contributed by atoms with Crippen LogP contribution in [0.2, 0.25) is 0 Å². The highest BCUT2D eigenvalue weighted by Gasteiger charge is 2.07. The number of carbonyl (C=O) groups is 1. The molecule has 1 aromatic carbocycles. The van der Waals surface area contributed by atoms with Crippen molar-refractivity contribution in [3.8, 4) is 5.88 Å². The molecule has 4 heteroatoms. The summed E-state index contributed by atoms with van der Waals surface area (Å²) in [5.41, 5.74) is 1.27. The average Bonchev–Trinajstić information content (AvgIpc) is 2.40. The van der Waals surface area contributed by atoms with E-state index in [1.165, 1.54) is 7.11 Å². The lowest BCUT2D eigenvalue weighted by molar-refractivity contribution is 0.102. The van der Waals surface area contributed by atoms with Crippen LogP contribution in [-0.4, -0.2) is 18.0 Å². The maximum atomic E-state index is 11.9. The third-order valence-corrected chi connectivity index (χ3v) is 2.24. The summed E-state index contributed by atoms with van der Waals surface area (Å²) in [6, 6.07) is 12.5. The Morgan fingerprint density at radius 2 is 2.00 bits per heavy atom. The molecule has 0 saturated heterocycles. The number of aromatic nitrogens is 1. The van der Waals surface area contributed by atoms with Crippen LogP contribution in [0.3, 0.4) is 0 Å². The number of rotatable bonds is 3. The largest absolute Gasteiger partial charge is 0.481 e. The van der Waals surface area contributed by atoms with Gasteiger partial charge in [-0.15, -0.1) is 0 Å². The lowest BCUT2D eigenvalue weighted by Crippen LogP contribution is -2.11. The Labute approximate surface area is 99.3 Å². The fourth-order valence-corrected chi connectivity index (χ4v) is 1.39. The van der Waals surface area contributed by atoms with Crippen LogP contribution >= 0.6 is 0 Å². The molecule has 1 heterocycles. The number of ether oxygens (including phenoxy) is 1. The second-order valence-electron chi connectivity index (χ2n) is 3.41. The molecule has 0 atom stereocenters. The molecule has 0 aliphatic rings. The van der Waals surface area contributed by atoms with E-state index in [-0.39, 0.29) is 5.91 Å². The molecule has 1 aromatic heterocycles. The van der Waals surface area contributed by atoms with Crippen LogP contribution in [-0.2, 0) is 0 Å². The van der Waals surface area contributed by atoms with E-state index in [9.17, 15) is 4.79 Å². The molecule has 0 spiro atoms. The number of para-hydroxylation sites is 1. The van der Waals surface area contributed by atoms with Gasteiger partial charge in [0.15, 0.2) is 0 Å². The Morgan fingerprint density at radius 1 is 1.24 bits per heavy atom. The van der Waals surface area contributed by atoms with Crippen molar-refractivity contribution in [2.75, 3.05) is 12.4 Å². The van der Waals surface area contributed by atoms with Crippen molar-refractivity contribution >= 4 is 11.6 Å². The summed E-state index contributed by atoms with van der Waals surface area (Å²) in [6.45, 7) is 0. The number of benzene rings is 1. The maximum Gasteiger partial charge on any atom is 0.255 e. The normalized spacial score (nSPS) is 9.71. The monoisotopic (exact) mass is 228 g/mol. The van der Waals surface area contributed by atoms with Gasteiger partial charge >= 0.3 is 0 Å². The summed E-state index contributed by atoms with van der Waals surface area (Å²) < 4.78 is 4.96. The van der Waals surface area contributed by atoms with E-state index in [1.54, 1.807) is 18.3 Å². The van der Waals surface area contributed by atoms with E-state index >= 15 is 0 Å². The summed E-state index contributed by atoms with van der Waals surface area (Å²) in [5, 5.41) is 2.79. The molecule has 0 aliphatic carbocycles. The zero-order valence-corrected chi connectivity index (χ0v) is 9.38. The average molecular weight is 228 g/mol. The number of pyridine rings is 1. The standard InChI is InChI=1S/C13H12N2O2/c1-17-12-9-10(7-8-14-12)13(16)15-11-5-3-2-4-6-11/h2-9H,1H3,(H,15,16). The molecule has 2 rings (SSSR count). The summed E-state index contributed by atoms with van der Waals surface area (Å²) in [7, 11) is 1.52. The van der Waals surface area contributed by atoms with Crippen molar-refractivity contribution in [1.82, 2.24) is 4.98 Å². The molecule has 4 nitrogen and oxygen atoms in total. The molecule has 17 heavy (non-hydrogen) atoms. The summed E-state index contributed by atoms with van der Waals surface area (Å²) in [6.07, 6.45) is 1.54. The fraction of sp³-hybridized carbons (Fsp3) is 0.0769. The van der Waals surface area contributed by atoms with Gasteiger partial charge in [0.1, 0.15) is 0 Å². The number of hydrogen-bond donors (Lipinski definition) is 1. The second kappa shape index (κ2) is 5.12. The van der Waals surface area contributed by atoms with Crippen LogP contribution < -0.4 is 10.1 Å². The number of anilines is 1. The molecular formula is C13H12N2O2. The first-order valence-corrected chi connectivity index (χ1v) is 5.16. The van der Waals surface area contributed by atoms with E-state index in [0.29, 0.717) is 11.4 Å². The Kier molecular flexibility index (Phi) is 3.35. The van der Waals surface area contributed by atoms with Gasteiger partial charge in [0, 0.05) is 23.5 Å². The zero-order chi connectivity index (χ0) is 12.1. The van der Waals surface area contributed by atoms with Crippen molar-refractivity contribution < 1.29 is 9.53 Å². The lowest BCUT2D eigenvalue weighted by atomic mass is 10.2. The van der Waals surface area contributed by atoms with Gasteiger partial charge in [0.25, 0.3) is 5.91 Å². The number of nitrogens with one attached hydrogen (secondary N) is 1. The summed E-state index contributed by atoms with van der Waals surface area (Å²) in [4.78, 5) is 15.8. The number of hydrogen-bond acceptors (Lipinski definition) is 3. The predicted molar refractivity (Wildman–Crippen MR) is 65.2 cm³/mol. The van der Waals surface area contributed by atoms with Crippen molar-refractivity contribution in [1.29, 1.82) is 0 Å². The van der Waals surface area contributed by atoms with Crippen molar-refractivity contribution in [2.45, 2.75) is 0 Å². The fourth-order valence-electron chi connectivity index (χ4n) is 1.39. The molecule has 86 valence electrons. The number of methoxy groups -OCH3 is 1. The van der Waals surface area contributed by atoms with Crippen LogP contribution in [0.5, 0.6) is 5.88 Å². The maximum absolute atomic E-state index is 11.9. The second-order valence-corrected chi connectivity index (χ2v) is 3.41. The van der Waals surface area contributed by atoms with Crippen molar-refractivity contribution in [3.63, 3.8) is 0 Å². The van der Waals surface area contributed by atoms with Crippen molar-refractivity contribution in [3.05, 3.63) is 54.2 Å². The molecule has 0 aliphatic heterocycles. The molecule has 1 amide bonds. The van der Waals surface area contributed by atoms with E-state index in [0.717, 1.165) is 5.69 Å². The Hall–Kier alpha value is -2.36. The molecule has 2 aromatic rings. The lowest BCUT2D eigenvalue weighted by Gasteiger charge is -2.05. The topological polar surface area (TPSA) is 51.2 Å². The minimum absolute atomic E-state index is 0.183. The van der Waals surface area contributed by atoms with Crippen LogP contribution in [0.15, 0.2) is 48.7 Å². The van der Waals surface area contributed by atoms with Crippen LogP contribution in [0.1, 0.15) is 10.4 Å². The summed E-state index contributed by atoms with van der Waals surface area (Å²) >= 11 is 0. The molecule has 0 saturated carbocycles. The molecule has 1 N–H and O–H groups in total. The van der Waals surface area contributed by atoms with Crippen molar-refractivity contribution in [2.24, 2.45) is 0 Å². The van der Waals surface area contributed by atoms with Gasteiger partial charge in [-0.3, -0.25) is 4.79 Å². The van der Waals surface area contributed by atoms with E-state index in [4.69, 9.17) is 4.74 Å². The highest BCUT2D eigenvalue weighted by molar-refractivity contribution is 6.04. The highest BCUT2D eigenvalue weighted by atomic mass is 16.5. The number of nitrogens with zero attached hydrogens (tertiary/aromatic N) is 1. The van der Waals surface area contributed by atoms with Gasteiger partial charge in [-0.25, -0.2) is 4.98 Å². The van der Waals surface area contributed by atoms with Crippen LogP contribution in [0, 0.1) is 0 Å². The number of amides is 1. The van der Waals surface area contributed by atoms with Gasteiger partial charge in [-0.2, -0.15) is 0 Å². The first kappa shape index (κ1) is 11.1. The third-order valence-electron chi connectivity index (χ3n) is 2.24. The SMILES string of the molecule is COc1cc(C(=O)Nc2ccccc2)ccn1. The Balaban J connectivity index is 2.14. The third kappa shape index (κ3) is 2.81. The van der Waals surface area contributed by atoms with Gasteiger partial charge in [0.2, 0.25) is 5.88 Å². The smallest absolute Gasteiger partial charge is 0.255 e. The van der Waals surface area contributed by atoms with E-state index < -0.39 is 0 Å². The molecule has 0 radical (unpaired) electrons. The molecule has 0 unspecified atom stereocenters. The molecular weight excluding hydrogens is 216 g/mol. The summed E-state index contributed by atoms with van der Waals surface area (Å²) in [5.74, 6) is 0.239. The van der Waals surface area contributed by atoms with Gasteiger partial charge in [-0.05, 0) is 18.2 Å². The predicted octanol–water partition coefficient (Wildman–Crippen LogP) is 2.34. The minimum Gasteiger partial charge on any atom is -0.481 e. The highest BCUT2D eigenvalue weighted by Crippen LogP contribution is 2.11. The quantitative estimate of drug-likeness (QED) is 0.877. The Morgan fingerprint density at radius 3 is 2.71 bits per heavy atom. The molecule has 0 fully saturated rings. The first-order chi connectivity index (χ1) is 8.29. The first-order valence-electron chi connectivity index (χ1n) is 5.16. The number of carbonyl (C=O) groups excluding carboxylic acids is 1. The van der Waals surface area contributed by atoms with Gasteiger partial charge in [0.05, 0.1) is 7.11 Å².